The molecule has 2 radical (unpaired) electrons. The number of aromatic nitrogens is 3. The SMILES string of the molecule is C.C.C.CC1(C)OB(B2OC(C)(C)C(C)(C)O2)OC1(C)C.CI.CN(C)CCN.CN(C)CCNc1cc(F)cc(-c2cncc(N)c2N)c1.CN(C)CCNc1cc(F)cc(-c2cncc(N)c2[N+](=O)[O-])c1.CN(C)CCNc1cc(F)cc(B2OC(C)(C)C(C)(C)O2)c1.CN(C)CCNc1cc(F)cc(Br)c1.CO.IC(I)I.ICI.Nc1cncc(Br)c1[N+](=O)[O-].O=Cc1cc(F)cc(Br)c1.[CH2-]I.[CH3-].[V].[V]. The fourth-order valence-electron chi connectivity index (χ4n) is 11.0. The van der Waals surface area contributed by atoms with E-state index < -0.39 is 53.8 Å². The third-order valence-electron chi connectivity index (χ3n) is 19.9. The molecule has 3 saturated heterocycles. The van der Waals surface area contributed by atoms with Crippen LogP contribution >= 0.6 is 206 Å². The smallest absolute Gasteiger partial charge is 0.405 e. The van der Waals surface area contributed by atoms with Crippen molar-refractivity contribution in [1.29, 1.82) is 0 Å². The van der Waals surface area contributed by atoms with Gasteiger partial charge in [0.2, 0.25) is 0 Å². The van der Waals surface area contributed by atoms with Gasteiger partial charge in [0.1, 0.15) is 51.2 Å². The zero-order chi connectivity index (χ0) is 107. The van der Waals surface area contributed by atoms with Crippen molar-refractivity contribution in [2.24, 2.45) is 5.73 Å². The maximum Gasteiger partial charge on any atom is 0.495 e. The van der Waals surface area contributed by atoms with Crippen molar-refractivity contribution in [1.82, 2.24) is 39.5 Å². The van der Waals surface area contributed by atoms with Gasteiger partial charge < -0.3 is 137 Å². The quantitative estimate of drug-likeness (QED) is 0.00371. The molecule has 31 nitrogen and oxygen atoms in total. The van der Waals surface area contributed by atoms with E-state index in [1.165, 1.54) is 94.1 Å². The maximum absolute atomic E-state index is 13.9. The molecule has 0 saturated carbocycles. The van der Waals surface area contributed by atoms with Crippen LogP contribution in [0.25, 0.3) is 22.3 Å². The molecule has 0 bridgehead atoms. The number of rotatable bonds is 25. The third kappa shape index (κ3) is 60.9. The first-order chi connectivity index (χ1) is 64.2. The van der Waals surface area contributed by atoms with Crippen molar-refractivity contribution in [3.63, 3.8) is 0 Å². The van der Waals surface area contributed by atoms with Crippen LogP contribution in [0.4, 0.5) is 78.8 Å². The number of anilines is 8. The Morgan fingerprint density at radius 3 is 1.03 bits per heavy atom. The van der Waals surface area contributed by atoms with Crippen LogP contribution in [-0.2, 0) is 65.0 Å². The second kappa shape index (κ2) is 80.3. The number of alkyl halides is 6. The number of aliphatic hydroxyl groups is 1. The van der Waals surface area contributed by atoms with Crippen molar-refractivity contribution >= 4 is 296 Å². The van der Waals surface area contributed by atoms with Crippen molar-refractivity contribution in [3.8, 4) is 22.3 Å². The molecule has 3 aliphatic rings. The molecule has 5 aromatic carbocycles. The zero-order valence-electron chi connectivity index (χ0n) is 84.4. The van der Waals surface area contributed by atoms with Crippen LogP contribution in [0.5, 0.6) is 0 Å². The van der Waals surface area contributed by atoms with E-state index in [-0.39, 0.29) is 135 Å². The molecule has 3 aliphatic heterocycles. The number of aliphatic hydroxyl groups excluding tert-OH is 1. The van der Waals surface area contributed by atoms with E-state index in [1.54, 1.807) is 18.3 Å². The number of halogens is 15. The van der Waals surface area contributed by atoms with Gasteiger partial charge in [-0.1, -0.05) is 190 Å². The normalized spacial score (nSPS) is 13.7. The molecule has 0 aliphatic carbocycles. The number of nitrogens with zero attached hydrogens (tertiary/aromatic N) is 10. The van der Waals surface area contributed by atoms with E-state index in [0.717, 1.165) is 81.8 Å². The molecule has 6 heterocycles. The van der Waals surface area contributed by atoms with E-state index in [4.69, 9.17) is 61.7 Å². The summed E-state index contributed by atoms with van der Waals surface area (Å²) < 4.78 is 106. The molecule has 3 aromatic heterocycles. The Bertz CT molecular complexity index is 4800. The molecule has 3 fully saturated rings. The van der Waals surface area contributed by atoms with Crippen molar-refractivity contribution < 1.29 is 107 Å². The summed E-state index contributed by atoms with van der Waals surface area (Å²) in [5, 5.41) is 41.2. The number of nitrogens with two attached hydrogens (primary N) is 5. The monoisotopic (exact) mass is 3080 g/mol. The first-order valence-electron chi connectivity index (χ1n) is 42.0. The van der Waals surface area contributed by atoms with Crippen LogP contribution < -0.4 is 55.4 Å². The van der Waals surface area contributed by atoms with Gasteiger partial charge in [-0.05, 0) is 282 Å². The number of carbonyl (C=O) groups is 1. The van der Waals surface area contributed by atoms with Crippen LogP contribution in [-0.4, -0.2) is 266 Å². The Morgan fingerprint density at radius 1 is 0.451 bits per heavy atom. The molecule has 144 heavy (non-hydrogen) atoms. The number of carbonyl (C=O) groups excluding carboxylic acids is 1. The van der Waals surface area contributed by atoms with Gasteiger partial charge in [-0.25, -0.2) is 22.0 Å². The minimum atomic E-state index is -0.587. The first kappa shape index (κ1) is 157. The number of hydrogen-bond donors (Lipinski definition) is 10. The molecule has 15 N–H and O–H groups in total. The third-order valence-corrected chi connectivity index (χ3v) is 21.4. The summed E-state index contributed by atoms with van der Waals surface area (Å²) in [5.41, 5.74) is 31.5. The Labute approximate surface area is 1000 Å². The van der Waals surface area contributed by atoms with Crippen LogP contribution in [0, 0.1) is 61.7 Å². The predicted molar refractivity (Wildman–Crippen MR) is 659 cm³/mol. The number of aldehydes is 1. The number of nitro groups is 2. The summed E-state index contributed by atoms with van der Waals surface area (Å²) >= 11 is 24.8. The average molecular weight is 3080 g/mol. The second-order valence-corrected chi connectivity index (χ2v) is 51.8. The molecular weight excluding hydrogens is 2930 g/mol. The van der Waals surface area contributed by atoms with Gasteiger partial charge in [0.05, 0.1) is 81.4 Å². The van der Waals surface area contributed by atoms with Gasteiger partial charge >= 0.3 is 32.5 Å². The van der Waals surface area contributed by atoms with Gasteiger partial charge in [-0.2, -0.15) is 0 Å². The second-order valence-electron chi connectivity index (χ2n) is 33.8. The largest absolute Gasteiger partial charge is 0.495 e. The fraction of sp³-hybridized carbons (Fsp3) is 0.484. The minimum absolute atomic E-state index is 0. The standard InChI is InChI=1S/C16H26BFN2O2.C15H18FN5O2.C15H20FN5.C12H24B2O4.C10H14BrFN2.C7H4BrFO.C5H4BrN3O2.C4H12N2.CHI3.CH2I2.CH3I.CH2I.CH4O.3CH4.CH3.2V/c1-15(2)16(3,4)22-17(21-15)12-9-13(18)11-14(10-12)19-7-8-20(5)6;1-20(2)4-3-19-12-6-10(5-11(16)7-12)13-8-18-9-14(17)15(13)21(22)23;1-21(2)4-3-20-12-6-10(5-11(16)7-12)13-8-19-9-14(17)15(13)18;1-9(2)10(3,4)16-13(15-9)14-17-11(5,6)12(7,8)18-14;1-14(2)4-3-13-10-6-8(11)5-9(12)7-10;8-6-1-5(4-10)2-7(9)3-6;6-3-1-8-2-4(7)5(3)9(10)11;1-6(2)4-3-5;2-1(3)4;2-1-3;3*1-2;;;;;;/h9-11,19H,7-8H2,1-6H3;5-9,19H,3-4,17H2,1-2H3;5-9,20H,3-4,17H2,1-2H3,(H2,18,19);1-8H3;5-7,13H,3-4H2,1-2H3;1-4H;1-2H,7H2;3-5H2,1-2H3;1H;1H2;1H3;1H2;2H,1H3;3*1H4;1H3;;/q;;;;;;;;;;;-1;;;;;-1;;. The number of pyridine rings is 3. The van der Waals surface area contributed by atoms with E-state index in [1.807, 2.05) is 209 Å². The minimum Gasteiger partial charge on any atom is -0.405 e. The number of likely N-dealkylation sites (N-methyl/N-ethyl adjacent to an activating group) is 5. The summed E-state index contributed by atoms with van der Waals surface area (Å²) in [4.78, 5) is 57.5. The molecule has 8 aromatic rings. The van der Waals surface area contributed by atoms with E-state index in [9.17, 15) is 47.0 Å². The van der Waals surface area contributed by atoms with Gasteiger partial charge in [0.25, 0.3) is 0 Å². The van der Waals surface area contributed by atoms with Crippen molar-refractivity contribution in [2.75, 3.05) is 195 Å². The van der Waals surface area contributed by atoms with E-state index >= 15 is 0 Å². The summed E-state index contributed by atoms with van der Waals surface area (Å²) in [7, 11) is 19.4. The number of nitrogen functional groups attached to an aromatic ring is 4. The molecule has 0 amide bonds. The molecule has 0 atom stereocenters. The molecule has 11 rings (SSSR count). The average Bonchev–Trinajstić information content (AvgIpc) is 1.59. The summed E-state index contributed by atoms with van der Waals surface area (Å²) in [6.45, 7) is 32.2. The van der Waals surface area contributed by atoms with Crippen molar-refractivity contribution in [2.45, 2.75) is 139 Å². The Kier molecular flexibility index (Phi) is 87.4. The summed E-state index contributed by atoms with van der Waals surface area (Å²) in [5.74, 6) is -1.75. The van der Waals surface area contributed by atoms with Crippen LogP contribution in [0.1, 0.15) is 116 Å². The van der Waals surface area contributed by atoms with Crippen molar-refractivity contribution in [3.05, 3.63) is 209 Å². The van der Waals surface area contributed by atoms with E-state index in [2.05, 4.69) is 239 Å². The van der Waals surface area contributed by atoms with Gasteiger partial charge in [-0.15, -0.1) is 0 Å². The number of benzene rings is 5. The molecule has 0 unspecified atom stereocenters. The van der Waals surface area contributed by atoms with Crippen LogP contribution in [0.2, 0.25) is 0 Å². The Morgan fingerprint density at radius 2 is 0.729 bits per heavy atom. The summed E-state index contributed by atoms with van der Waals surface area (Å²) in [6.07, 6.45) is 8.76. The van der Waals surface area contributed by atoms with Gasteiger partial charge in [0, 0.05) is 171 Å². The number of hydrogen-bond acceptors (Lipinski definition) is 29. The molecule has 0 spiro atoms. The topological polar surface area (TPSA) is 412 Å². The van der Waals surface area contributed by atoms with Gasteiger partial charge in [-0.3, -0.25) is 44.9 Å². The Hall–Kier alpha value is -2.54. The molecule has 51 heteroatoms. The predicted octanol–water partition coefficient (Wildman–Crippen LogP) is 23.1. The molecule has 814 valence electrons. The zero-order valence-corrected chi connectivity index (χ0v) is 107. The van der Waals surface area contributed by atoms with Crippen LogP contribution in [0.15, 0.2) is 142 Å². The fourth-order valence-corrected chi connectivity index (χ4v) is 12.5. The van der Waals surface area contributed by atoms with E-state index in [0.29, 0.717) is 72.2 Å². The molecular formula is C93H149B3Br3F5I7N19O12V2-2. The van der Waals surface area contributed by atoms with Crippen LogP contribution in [0.3, 0.4) is 0 Å². The first-order valence-corrected chi connectivity index (χ1v) is 54.8. The Balaban J connectivity index is -0.000000244. The summed E-state index contributed by atoms with van der Waals surface area (Å²) in [6, 6.07) is 22.6. The van der Waals surface area contributed by atoms with Gasteiger partial charge in [0.15, 0.2) is 0 Å². The maximum atomic E-state index is 13.9. The number of nitrogens with one attached hydrogen (secondary N) is 4.